The number of aromatic amines is 2. The smallest absolute Gasteiger partial charge is 0.319 e. The molecule has 0 unspecified atom stereocenters. The Hall–Kier alpha value is -2.57. The molecule has 7 heteroatoms. The lowest BCUT2D eigenvalue weighted by molar-refractivity contribution is 0.244. The number of H-pyrrole nitrogens is 2. The van der Waals surface area contributed by atoms with E-state index in [4.69, 9.17) is 0 Å². The van der Waals surface area contributed by atoms with Crippen molar-refractivity contribution < 1.29 is 4.79 Å². The number of aromatic nitrogens is 2. The van der Waals surface area contributed by atoms with Crippen LogP contribution in [-0.4, -0.2) is 21.8 Å². The van der Waals surface area contributed by atoms with Crippen molar-refractivity contribution in [2.45, 2.75) is 26.3 Å². The second kappa shape index (κ2) is 4.84. The van der Waals surface area contributed by atoms with Gasteiger partial charge in [-0.25, -0.2) is 4.79 Å². The minimum absolute atomic E-state index is 0.153. The van der Waals surface area contributed by atoms with Gasteiger partial charge in [-0.1, -0.05) is 6.07 Å². The van der Waals surface area contributed by atoms with Gasteiger partial charge in [-0.15, -0.1) is 0 Å². The molecule has 106 valence electrons. The largest absolute Gasteiger partial charge is 0.333 e. The van der Waals surface area contributed by atoms with Crippen molar-refractivity contribution >= 4 is 22.5 Å². The van der Waals surface area contributed by atoms with E-state index in [0.29, 0.717) is 0 Å². The number of carbonyl (C=O) groups excluding carboxylic acids is 1. The summed E-state index contributed by atoms with van der Waals surface area (Å²) in [5, 5.41) is 10.2. The fraction of sp³-hybridized carbons (Fsp3) is 0.308. The first-order valence-corrected chi connectivity index (χ1v) is 6.11. The Labute approximate surface area is 114 Å². The number of benzene rings is 1. The maximum Gasteiger partial charge on any atom is 0.319 e. The molecule has 7 nitrogen and oxygen atoms in total. The summed E-state index contributed by atoms with van der Waals surface area (Å²) in [4.78, 5) is 35.3. The fourth-order valence-electron chi connectivity index (χ4n) is 1.83. The molecule has 2 rings (SSSR count). The number of hydrogen-bond donors (Lipinski definition) is 4. The lowest BCUT2D eigenvalue weighted by Crippen LogP contribution is -2.43. The SMILES string of the molecule is CC(C)(C)NC(=O)Nc1cccc2c(=O)[nH][nH]c(=O)c12. The molecule has 2 aromatic rings. The van der Waals surface area contributed by atoms with Crippen LogP contribution in [0.25, 0.3) is 10.8 Å². The molecule has 20 heavy (non-hydrogen) atoms. The molecule has 4 N–H and O–H groups in total. The van der Waals surface area contributed by atoms with Crippen molar-refractivity contribution in [3.05, 3.63) is 38.9 Å². The van der Waals surface area contributed by atoms with Crippen LogP contribution in [0.1, 0.15) is 20.8 Å². The quantitative estimate of drug-likeness (QED) is 0.627. The maximum absolute atomic E-state index is 11.8. The molecule has 0 atom stereocenters. The number of amides is 2. The molecule has 0 aliphatic heterocycles. The molecule has 1 aromatic heterocycles. The van der Waals surface area contributed by atoms with E-state index in [-0.39, 0.29) is 16.5 Å². The van der Waals surface area contributed by atoms with Gasteiger partial charge in [0.1, 0.15) is 0 Å². The van der Waals surface area contributed by atoms with Gasteiger partial charge in [-0.05, 0) is 32.9 Å². The molecular weight excluding hydrogens is 260 g/mol. The summed E-state index contributed by atoms with van der Waals surface area (Å²) in [6.07, 6.45) is 0. The van der Waals surface area contributed by atoms with Gasteiger partial charge < -0.3 is 10.6 Å². The Morgan fingerprint density at radius 2 is 1.75 bits per heavy atom. The van der Waals surface area contributed by atoms with E-state index in [9.17, 15) is 14.4 Å². The number of carbonyl (C=O) groups is 1. The van der Waals surface area contributed by atoms with E-state index < -0.39 is 22.7 Å². The summed E-state index contributed by atoms with van der Waals surface area (Å²) in [6.45, 7) is 5.52. The molecule has 0 spiro atoms. The predicted molar refractivity (Wildman–Crippen MR) is 77.1 cm³/mol. The maximum atomic E-state index is 11.8. The van der Waals surface area contributed by atoms with Crippen LogP contribution >= 0.6 is 0 Å². The van der Waals surface area contributed by atoms with E-state index in [1.54, 1.807) is 12.1 Å². The van der Waals surface area contributed by atoms with E-state index in [0.717, 1.165) is 0 Å². The zero-order valence-electron chi connectivity index (χ0n) is 11.5. The topological polar surface area (TPSA) is 107 Å². The second-order valence-corrected chi connectivity index (χ2v) is 5.47. The summed E-state index contributed by atoms with van der Waals surface area (Å²) >= 11 is 0. The molecule has 2 amide bonds. The summed E-state index contributed by atoms with van der Waals surface area (Å²) in [5.41, 5.74) is -0.999. The molecule has 1 heterocycles. The fourth-order valence-corrected chi connectivity index (χ4v) is 1.83. The molecule has 0 fully saturated rings. The van der Waals surface area contributed by atoms with Crippen molar-refractivity contribution in [2.24, 2.45) is 0 Å². The third-order valence-electron chi connectivity index (χ3n) is 2.56. The number of fused-ring (bicyclic) bond motifs is 1. The number of urea groups is 1. The summed E-state index contributed by atoms with van der Waals surface area (Å²) in [6, 6.07) is 4.25. The van der Waals surface area contributed by atoms with Crippen molar-refractivity contribution in [1.82, 2.24) is 15.5 Å². The van der Waals surface area contributed by atoms with E-state index in [1.807, 2.05) is 20.8 Å². The molecular formula is C13H16N4O3. The van der Waals surface area contributed by atoms with Crippen LogP contribution in [0.3, 0.4) is 0 Å². The van der Waals surface area contributed by atoms with Crippen LogP contribution in [0, 0.1) is 0 Å². The Morgan fingerprint density at radius 3 is 2.40 bits per heavy atom. The highest BCUT2D eigenvalue weighted by molar-refractivity contribution is 6.00. The molecule has 0 bridgehead atoms. The van der Waals surface area contributed by atoms with Crippen LogP contribution < -0.4 is 21.8 Å². The van der Waals surface area contributed by atoms with E-state index >= 15 is 0 Å². The molecule has 1 aromatic carbocycles. The van der Waals surface area contributed by atoms with E-state index in [1.165, 1.54) is 6.07 Å². The summed E-state index contributed by atoms with van der Waals surface area (Å²) in [5.74, 6) is 0. The molecule has 0 aliphatic carbocycles. The lowest BCUT2D eigenvalue weighted by Gasteiger charge is -2.21. The Bertz CT molecular complexity index is 768. The summed E-state index contributed by atoms with van der Waals surface area (Å²) < 4.78 is 0. The van der Waals surface area contributed by atoms with Crippen molar-refractivity contribution in [3.8, 4) is 0 Å². The van der Waals surface area contributed by atoms with Gasteiger partial charge in [0.25, 0.3) is 11.1 Å². The van der Waals surface area contributed by atoms with Gasteiger partial charge in [0.05, 0.1) is 16.5 Å². The summed E-state index contributed by atoms with van der Waals surface area (Å²) in [7, 11) is 0. The highest BCUT2D eigenvalue weighted by atomic mass is 16.2. The highest BCUT2D eigenvalue weighted by Crippen LogP contribution is 2.16. The lowest BCUT2D eigenvalue weighted by atomic mass is 10.1. The molecule has 0 saturated heterocycles. The first-order chi connectivity index (χ1) is 9.28. The Balaban J connectivity index is 2.46. The van der Waals surface area contributed by atoms with Gasteiger partial charge >= 0.3 is 6.03 Å². The second-order valence-electron chi connectivity index (χ2n) is 5.47. The van der Waals surface area contributed by atoms with Crippen LogP contribution in [-0.2, 0) is 0 Å². The molecule has 0 radical (unpaired) electrons. The average molecular weight is 276 g/mol. The highest BCUT2D eigenvalue weighted by Gasteiger charge is 2.15. The Morgan fingerprint density at radius 1 is 1.10 bits per heavy atom. The standard InChI is InChI=1S/C13H16N4O3/c1-13(2,3)15-12(20)14-8-6-4-5-7-9(8)11(19)17-16-10(7)18/h4-6H,1-3H3,(H,16,18)(H,17,19)(H2,14,15,20). The number of anilines is 1. The first kappa shape index (κ1) is 13.9. The third-order valence-corrected chi connectivity index (χ3v) is 2.56. The van der Waals surface area contributed by atoms with Gasteiger partial charge in [-0.3, -0.25) is 19.8 Å². The first-order valence-electron chi connectivity index (χ1n) is 6.11. The monoisotopic (exact) mass is 276 g/mol. The van der Waals surface area contributed by atoms with Crippen LogP contribution in [0.4, 0.5) is 10.5 Å². The van der Waals surface area contributed by atoms with Crippen molar-refractivity contribution in [1.29, 1.82) is 0 Å². The van der Waals surface area contributed by atoms with Crippen LogP contribution in [0.15, 0.2) is 27.8 Å². The zero-order chi connectivity index (χ0) is 14.9. The number of nitrogens with one attached hydrogen (secondary N) is 4. The third kappa shape index (κ3) is 2.87. The zero-order valence-corrected chi connectivity index (χ0v) is 11.5. The van der Waals surface area contributed by atoms with Crippen LogP contribution in [0.2, 0.25) is 0 Å². The van der Waals surface area contributed by atoms with Gasteiger partial charge in [0.2, 0.25) is 0 Å². The minimum Gasteiger partial charge on any atom is -0.333 e. The van der Waals surface area contributed by atoms with Gasteiger partial charge in [0.15, 0.2) is 0 Å². The molecule has 0 aliphatic rings. The predicted octanol–water partition coefficient (Wildman–Crippen LogP) is 1.14. The van der Waals surface area contributed by atoms with Crippen molar-refractivity contribution in [3.63, 3.8) is 0 Å². The van der Waals surface area contributed by atoms with Crippen LogP contribution in [0.5, 0.6) is 0 Å². The van der Waals surface area contributed by atoms with Gasteiger partial charge in [0, 0.05) is 5.54 Å². The minimum atomic E-state index is -0.466. The van der Waals surface area contributed by atoms with Gasteiger partial charge in [-0.2, -0.15) is 0 Å². The number of rotatable bonds is 1. The van der Waals surface area contributed by atoms with E-state index in [2.05, 4.69) is 20.8 Å². The average Bonchev–Trinajstić information content (AvgIpc) is 2.31. The normalized spacial score (nSPS) is 11.3. The Kier molecular flexibility index (Phi) is 3.35. The molecule has 0 saturated carbocycles. The van der Waals surface area contributed by atoms with Crippen molar-refractivity contribution in [2.75, 3.05) is 5.32 Å². The number of hydrogen-bond acceptors (Lipinski definition) is 3.